The van der Waals surface area contributed by atoms with Crippen molar-refractivity contribution in [3.63, 3.8) is 0 Å². The Labute approximate surface area is 174 Å². The summed E-state index contributed by atoms with van der Waals surface area (Å²) in [6, 6.07) is 19.4. The van der Waals surface area contributed by atoms with Crippen LogP contribution in [-0.2, 0) is 17.3 Å². The number of aromatic hydroxyl groups is 1. The quantitative estimate of drug-likeness (QED) is 0.577. The Morgan fingerprint density at radius 1 is 0.966 bits per heavy atom. The van der Waals surface area contributed by atoms with Gasteiger partial charge in [-0.2, -0.15) is 0 Å². The van der Waals surface area contributed by atoms with Gasteiger partial charge in [0, 0.05) is 13.1 Å². The molecule has 0 spiro atoms. The highest BCUT2D eigenvalue weighted by Crippen LogP contribution is 2.44. The summed E-state index contributed by atoms with van der Waals surface area (Å²) < 4.78 is 13.1. The lowest BCUT2D eigenvalue weighted by Gasteiger charge is -2.34. The van der Waals surface area contributed by atoms with Crippen molar-refractivity contribution in [2.24, 2.45) is 0 Å². The molecule has 150 valence electrons. The molecule has 0 saturated heterocycles. The van der Waals surface area contributed by atoms with E-state index in [0.717, 1.165) is 52.8 Å². The molecule has 0 radical (unpaired) electrons. The Hall–Kier alpha value is -2.63. The van der Waals surface area contributed by atoms with E-state index in [9.17, 15) is 9.32 Å². The predicted molar refractivity (Wildman–Crippen MR) is 118 cm³/mol. The minimum absolute atomic E-state index is 0.291. The number of benzene rings is 3. The molecule has 0 saturated carbocycles. The molecule has 5 heteroatoms. The third-order valence-corrected chi connectivity index (χ3v) is 6.96. The number of hydrogen-bond donors (Lipinski definition) is 2. The van der Waals surface area contributed by atoms with Crippen LogP contribution in [-0.4, -0.2) is 22.4 Å². The molecule has 2 N–H and O–H groups in total. The van der Waals surface area contributed by atoms with Crippen LogP contribution in [0.4, 0.5) is 11.4 Å². The fraction of sp³-hybridized carbons (Fsp3) is 0.250. The topological polar surface area (TPSA) is 52.6 Å². The van der Waals surface area contributed by atoms with Gasteiger partial charge < -0.3 is 15.3 Å². The standard InChI is InChI=1S/C24H26N2O2S/c1-17-8-13-23-24(18(17)2)26(21-6-3-4-7-22(21)29(23)28)15-5-14-25-16-19-9-11-20(27)12-10-19/h3-4,6-13,25,27H,5,14-16H2,1-2H3. The number of para-hydroxylation sites is 1. The normalized spacial score (nSPS) is 15.1. The molecule has 3 aromatic rings. The van der Waals surface area contributed by atoms with Gasteiger partial charge in [0.25, 0.3) is 0 Å². The Morgan fingerprint density at radius 2 is 1.72 bits per heavy atom. The maximum Gasteiger partial charge on any atom is 0.115 e. The molecule has 1 aliphatic heterocycles. The van der Waals surface area contributed by atoms with Crippen LogP contribution in [0.2, 0.25) is 0 Å². The van der Waals surface area contributed by atoms with Gasteiger partial charge in [-0.1, -0.05) is 30.3 Å². The maximum atomic E-state index is 13.1. The SMILES string of the molecule is Cc1ccc2c(c1C)N(CCCNCc1ccc(O)cc1)c1ccccc1S2=O. The minimum Gasteiger partial charge on any atom is -0.508 e. The van der Waals surface area contributed by atoms with Gasteiger partial charge in [0.2, 0.25) is 0 Å². The van der Waals surface area contributed by atoms with Crippen LogP contribution in [0.25, 0.3) is 0 Å². The van der Waals surface area contributed by atoms with Crippen molar-refractivity contribution < 1.29 is 9.32 Å². The van der Waals surface area contributed by atoms with Gasteiger partial charge in [0.1, 0.15) is 5.75 Å². The molecule has 0 aromatic heterocycles. The van der Waals surface area contributed by atoms with Crippen LogP contribution >= 0.6 is 0 Å². The maximum absolute atomic E-state index is 13.1. The number of fused-ring (bicyclic) bond motifs is 2. The molecule has 0 fully saturated rings. The lowest BCUT2D eigenvalue weighted by Crippen LogP contribution is -2.28. The smallest absolute Gasteiger partial charge is 0.115 e. The van der Waals surface area contributed by atoms with Gasteiger partial charge >= 0.3 is 0 Å². The number of rotatable bonds is 6. The zero-order chi connectivity index (χ0) is 20.4. The first kappa shape index (κ1) is 19.7. The number of aryl methyl sites for hydroxylation is 1. The lowest BCUT2D eigenvalue weighted by atomic mass is 10.1. The first-order valence-corrected chi connectivity index (χ1v) is 11.1. The van der Waals surface area contributed by atoms with Crippen LogP contribution in [0.15, 0.2) is 70.5 Å². The van der Waals surface area contributed by atoms with E-state index in [4.69, 9.17) is 0 Å². The van der Waals surface area contributed by atoms with Gasteiger partial charge in [-0.25, -0.2) is 4.21 Å². The molecule has 1 atom stereocenters. The van der Waals surface area contributed by atoms with Gasteiger partial charge in [-0.05, 0) is 73.8 Å². The summed E-state index contributed by atoms with van der Waals surface area (Å²) in [6.07, 6.45) is 0.964. The van der Waals surface area contributed by atoms with Crippen molar-refractivity contribution in [1.82, 2.24) is 5.32 Å². The summed E-state index contributed by atoms with van der Waals surface area (Å²) in [5.41, 5.74) is 5.71. The Kier molecular flexibility index (Phi) is 5.69. The first-order valence-electron chi connectivity index (χ1n) is 9.93. The van der Waals surface area contributed by atoms with Gasteiger partial charge in [-0.3, -0.25) is 0 Å². The number of phenols is 1. The second kappa shape index (κ2) is 8.39. The monoisotopic (exact) mass is 406 g/mol. The van der Waals surface area contributed by atoms with E-state index in [-0.39, 0.29) is 0 Å². The third kappa shape index (κ3) is 3.93. The molecule has 0 aliphatic carbocycles. The zero-order valence-electron chi connectivity index (χ0n) is 16.8. The van der Waals surface area contributed by atoms with E-state index >= 15 is 0 Å². The molecular formula is C24H26N2O2S. The molecule has 3 aromatic carbocycles. The summed E-state index contributed by atoms with van der Waals surface area (Å²) in [5.74, 6) is 0.291. The highest BCUT2D eigenvalue weighted by molar-refractivity contribution is 7.85. The molecule has 4 nitrogen and oxygen atoms in total. The van der Waals surface area contributed by atoms with Crippen LogP contribution in [0.1, 0.15) is 23.1 Å². The fourth-order valence-electron chi connectivity index (χ4n) is 3.78. The van der Waals surface area contributed by atoms with E-state index in [1.165, 1.54) is 11.1 Å². The van der Waals surface area contributed by atoms with Crippen LogP contribution < -0.4 is 10.2 Å². The van der Waals surface area contributed by atoms with Crippen molar-refractivity contribution in [3.05, 3.63) is 77.4 Å². The van der Waals surface area contributed by atoms with Gasteiger partial charge in [0.05, 0.1) is 32.0 Å². The molecule has 0 amide bonds. The average Bonchev–Trinajstić information content (AvgIpc) is 2.74. The number of phenolic OH excluding ortho intramolecular Hbond substituents is 1. The summed E-state index contributed by atoms with van der Waals surface area (Å²) in [7, 11) is -1.14. The van der Waals surface area contributed by atoms with Crippen molar-refractivity contribution in [2.45, 2.75) is 36.6 Å². The van der Waals surface area contributed by atoms with E-state index in [1.807, 2.05) is 36.4 Å². The van der Waals surface area contributed by atoms with E-state index in [0.29, 0.717) is 5.75 Å². The first-order chi connectivity index (χ1) is 14.1. The summed E-state index contributed by atoms with van der Waals surface area (Å²) in [6.45, 7) is 6.73. The highest BCUT2D eigenvalue weighted by atomic mass is 32.2. The second-order valence-electron chi connectivity index (χ2n) is 7.44. The zero-order valence-corrected chi connectivity index (χ0v) is 17.6. The minimum atomic E-state index is -1.14. The van der Waals surface area contributed by atoms with Crippen molar-refractivity contribution >= 4 is 22.2 Å². The fourth-order valence-corrected chi connectivity index (χ4v) is 5.22. The van der Waals surface area contributed by atoms with E-state index in [1.54, 1.807) is 12.1 Å². The predicted octanol–water partition coefficient (Wildman–Crippen LogP) is 4.81. The van der Waals surface area contributed by atoms with E-state index in [2.05, 4.69) is 36.2 Å². The molecule has 1 heterocycles. The lowest BCUT2D eigenvalue weighted by molar-refractivity contribution is 0.475. The number of nitrogens with one attached hydrogen (secondary N) is 1. The second-order valence-corrected chi connectivity index (χ2v) is 8.86. The molecule has 1 aliphatic rings. The number of hydrogen-bond acceptors (Lipinski definition) is 4. The Balaban J connectivity index is 1.50. The van der Waals surface area contributed by atoms with Crippen LogP contribution in [0.3, 0.4) is 0 Å². The summed E-state index contributed by atoms with van der Waals surface area (Å²) >= 11 is 0. The molecule has 1 unspecified atom stereocenters. The van der Waals surface area contributed by atoms with Gasteiger partial charge in [-0.15, -0.1) is 0 Å². The van der Waals surface area contributed by atoms with Crippen molar-refractivity contribution in [1.29, 1.82) is 0 Å². The number of nitrogens with zero attached hydrogens (tertiary/aromatic N) is 1. The van der Waals surface area contributed by atoms with E-state index < -0.39 is 10.8 Å². The molecule has 29 heavy (non-hydrogen) atoms. The van der Waals surface area contributed by atoms with Crippen molar-refractivity contribution in [3.8, 4) is 5.75 Å². The summed E-state index contributed by atoms with van der Waals surface area (Å²) in [5, 5.41) is 12.9. The van der Waals surface area contributed by atoms with Crippen molar-refractivity contribution in [2.75, 3.05) is 18.0 Å². The molecule has 4 rings (SSSR count). The van der Waals surface area contributed by atoms with Crippen LogP contribution in [0, 0.1) is 13.8 Å². The molecule has 0 bridgehead atoms. The Bertz CT molecular complexity index is 1050. The Morgan fingerprint density at radius 3 is 2.52 bits per heavy atom. The number of anilines is 2. The largest absolute Gasteiger partial charge is 0.508 e. The average molecular weight is 407 g/mol. The molecular weight excluding hydrogens is 380 g/mol. The summed E-state index contributed by atoms with van der Waals surface area (Å²) in [4.78, 5) is 4.13. The van der Waals surface area contributed by atoms with Gasteiger partial charge in [0.15, 0.2) is 0 Å². The highest BCUT2D eigenvalue weighted by Gasteiger charge is 2.29. The third-order valence-electron chi connectivity index (χ3n) is 5.49. The van der Waals surface area contributed by atoms with Crippen LogP contribution in [0.5, 0.6) is 5.75 Å².